The summed E-state index contributed by atoms with van der Waals surface area (Å²) in [6.07, 6.45) is 4.75. The van der Waals surface area contributed by atoms with Gasteiger partial charge in [-0.25, -0.2) is 0 Å². The zero-order valence-corrected chi connectivity index (χ0v) is 13.3. The van der Waals surface area contributed by atoms with Crippen molar-refractivity contribution in [1.82, 2.24) is 10.2 Å². The van der Waals surface area contributed by atoms with Crippen LogP contribution in [-0.2, 0) is 5.54 Å². The normalized spacial score (nSPS) is 22.4. The second kappa shape index (κ2) is 7.59. The molecule has 1 aromatic carbocycles. The van der Waals surface area contributed by atoms with Crippen LogP contribution in [0, 0.1) is 11.3 Å². The Bertz CT molecular complexity index is 465. The predicted molar refractivity (Wildman–Crippen MR) is 86.9 cm³/mol. The quantitative estimate of drug-likeness (QED) is 0.872. The highest BCUT2D eigenvalue weighted by Crippen LogP contribution is 2.26. The number of nitrogens with one attached hydrogen (secondary N) is 1. The van der Waals surface area contributed by atoms with E-state index in [-0.39, 0.29) is 0 Å². The first-order chi connectivity index (χ1) is 10.2. The molecule has 2 rings (SSSR count). The SMILES string of the molecule is CCNC(C#N)(CCN1CCCCC1C)c1ccccc1. The van der Waals surface area contributed by atoms with Crippen LogP contribution in [0.3, 0.4) is 0 Å². The first kappa shape index (κ1) is 16.0. The van der Waals surface area contributed by atoms with E-state index in [1.165, 1.54) is 25.8 Å². The van der Waals surface area contributed by atoms with Crippen LogP contribution in [0.4, 0.5) is 0 Å². The van der Waals surface area contributed by atoms with Gasteiger partial charge in [-0.1, -0.05) is 43.7 Å². The van der Waals surface area contributed by atoms with Crippen molar-refractivity contribution in [3.8, 4) is 6.07 Å². The molecule has 1 N–H and O–H groups in total. The van der Waals surface area contributed by atoms with Crippen LogP contribution in [-0.4, -0.2) is 30.6 Å². The van der Waals surface area contributed by atoms with Gasteiger partial charge in [0.15, 0.2) is 0 Å². The fourth-order valence-electron chi connectivity index (χ4n) is 3.32. The third kappa shape index (κ3) is 3.84. The van der Waals surface area contributed by atoms with Gasteiger partial charge in [-0.3, -0.25) is 5.32 Å². The molecule has 0 aliphatic carbocycles. The molecule has 114 valence electrons. The van der Waals surface area contributed by atoms with E-state index >= 15 is 0 Å². The van der Waals surface area contributed by atoms with Crippen LogP contribution < -0.4 is 5.32 Å². The molecule has 1 saturated heterocycles. The minimum absolute atomic E-state index is 0.562. The van der Waals surface area contributed by atoms with Gasteiger partial charge in [-0.2, -0.15) is 5.26 Å². The Morgan fingerprint density at radius 2 is 2.10 bits per heavy atom. The van der Waals surface area contributed by atoms with E-state index in [0.29, 0.717) is 6.04 Å². The lowest BCUT2D eigenvalue weighted by atomic mass is 9.87. The maximum atomic E-state index is 9.83. The van der Waals surface area contributed by atoms with Crippen LogP contribution in [0.2, 0.25) is 0 Å². The molecule has 1 aliphatic heterocycles. The minimum Gasteiger partial charge on any atom is -0.301 e. The van der Waals surface area contributed by atoms with Gasteiger partial charge >= 0.3 is 0 Å². The Morgan fingerprint density at radius 3 is 2.71 bits per heavy atom. The molecule has 0 aromatic heterocycles. The molecule has 0 radical (unpaired) electrons. The summed E-state index contributed by atoms with van der Waals surface area (Å²) in [6.45, 7) is 7.33. The number of hydrogen-bond donors (Lipinski definition) is 1. The van der Waals surface area contributed by atoms with Crippen molar-refractivity contribution in [3.63, 3.8) is 0 Å². The third-order valence-corrected chi connectivity index (χ3v) is 4.65. The zero-order valence-electron chi connectivity index (χ0n) is 13.3. The van der Waals surface area contributed by atoms with Gasteiger partial charge in [0, 0.05) is 12.6 Å². The summed E-state index contributed by atoms with van der Waals surface area (Å²) in [5.41, 5.74) is 0.520. The van der Waals surface area contributed by atoms with E-state index in [1.807, 2.05) is 18.2 Å². The first-order valence-electron chi connectivity index (χ1n) is 8.17. The molecule has 0 saturated carbocycles. The zero-order chi connectivity index (χ0) is 15.1. The molecule has 3 heteroatoms. The molecule has 1 aliphatic rings. The second-order valence-electron chi connectivity index (χ2n) is 6.04. The van der Waals surface area contributed by atoms with Crippen molar-refractivity contribution in [2.75, 3.05) is 19.6 Å². The van der Waals surface area contributed by atoms with Gasteiger partial charge in [0.2, 0.25) is 0 Å². The maximum Gasteiger partial charge on any atom is 0.133 e. The summed E-state index contributed by atoms with van der Waals surface area (Å²) in [4.78, 5) is 2.54. The van der Waals surface area contributed by atoms with Gasteiger partial charge in [-0.05, 0) is 44.8 Å². The first-order valence-corrected chi connectivity index (χ1v) is 8.17. The third-order valence-electron chi connectivity index (χ3n) is 4.65. The molecule has 1 heterocycles. The Kier molecular flexibility index (Phi) is 5.78. The van der Waals surface area contributed by atoms with Crippen molar-refractivity contribution < 1.29 is 0 Å². The summed E-state index contributed by atoms with van der Waals surface area (Å²) in [5, 5.41) is 13.3. The molecule has 1 aromatic rings. The van der Waals surface area contributed by atoms with Gasteiger partial charge in [-0.15, -0.1) is 0 Å². The van der Waals surface area contributed by atoms with Gasteiger partial charge in [0.05, 0.1) is 6.07 Å². The van der Waals surface area contributed by atoms with E-state index in [0.717, 1.165) is 25.1 Å². The Hall–Kier alpha value is -1.37. The fraction of sp³-hybridized carbons (Fsp3) is 0.611. The molecule has 1 fully saturated rings. The van der Waals surface area contributed by atoms with Gasteiger partial charge in [0.1, 0.15) is 5.54 Å². The number of nitrogens with zero attached hydrogens (tertiary/aromatic N) is 2. The average Bonchev–Trinajstić information content (AvgIpc) is 2.54. The lowest BCUT2D eigenvalue weighted by Gasteiger charge is -2.36. The predicted octanol–water partition coefficient (Wildman–Crippen LogP) is 3.28. The smallest absolute Gasteiger partial charge is 0.133 e. The van der Waals surface area contributed by atoms with Crippen LogP contribution >= 0.6 is 0 Å². The number of likely N-dealkylation sites (tertiary alicyclic amines) is 1. The van der Waals surface area contributed by atoms with Gasteiger partial charge < -0.3 is 4.90 Å². The average molecular weight is 285 g/mol. The highest BCUT2D eigenvalue weighted by molar-refractivity contribution is 5.31. The summed E-state index contributed by atoms with van der Waals surface area (Å²) in [7, 11) is 0. The molecule has 0 amide bonds. The van der Waals surface area contributed by atoms with Crippen molar-refractivity contribution in [2.45, 2.75) is 51.1 Å². The Morgan fingerprint density at radius 1 is 1.33 bits per heavy atom. The van der Waals surface area contributed by atoms with E-state index in [1.54, 1.807) is 0 Å². The lowest BCUT2D eigenvalue weighted by Crippen LogP contribution is -2.46. The van der Waals surface area contributed by atoms with Crippen molar-refractivity contribution in [2.24, 2.45) is 0 Å². The van der Waals surface area contributed by atoms with Crippen LogP contribution in [0.15, 0.2) is 30.3 Å². The minimum atomic E-state index is -0.562. The second-order valence-corrected chi connectivity index (χ2v) is 6.04. The van der Waals surface area contributed by atoms with Crippen molar-refractivity contribution in [1.29, 1.82) is 5.26 Å². The van der Waals surface area contributed by atoms with Crippen molar-refractivity contribution >= 4 is 0 Å². The standard InChI is InChI=1S/C18H27N3/c1-3-20-18(15-19,17-10-5-4-6-11-17)12-14-21-13-8-7-9-16(21)2/h4-6,10-11,16,20H,3,7-9,12-14H2,1-2H3. The van der Waals surface area contributed by atoms with Crippen molar-refractivity contribution in [3.05, 3.63) is 35.9 Å². The summed E-state index contributed by atoms with van der Waals surface area (Å²) in [5.74, 6) is 0. The highest BCUT2D eigenvalue weighted by atomic mass is 15.2. The molecular formula is C18H27N3. The summed E-state index contributed by atoms with van der Waals surface area (Å²) >= 11 is 0. The fourth-order valence-corrected chi connectivity index (χ4v) is 3.32. The molecular weight excluding hydrogens is 258 g/mol. The van der Waals surface area contributed by atoms with Crippen LogP contribution in [0.1, 0.15) is 45.1 Å². The molecule has 2 unspecified atom stereocenters. The number of nitriles is 1. The molecule has 2 atom stereocenters. The maximum absolute atomic E-state index is 9.83. The number of rotatable bonds is 6. The van der Waals surface area contributed by atoms with Crippen LogP contribution in [0.5, 0.6) is 0 Å². The molecule has 0 bridgehead atoms. The number of hydrogen-bond acceptors (Lipinski definition) is 3. The van der Waals surface area contributed by atoms with E-state index in [9.17, 15) is 5.26 Å². The molecule has 3 nitrogen and oxygen atoms in total. The Labute approximate surface area is 129 Å². The molecule has 21 heavy (non-hydrogen) atoms. The number of piperidine rings is 1. The monoisotopic (exact) mass is 285 g/mol. The highest BCUT2D eigenvalue weighted by Gasteiger charge is 2.32. The summed E-state index contributed by atoms with van der Waals surface area (Å²) in [6, 6.07) is 13.4. The van der Waals surface area contributed by atoms with E-state index in [2.05, 4.69) is 42.3 Å². The van der Waals surface area contributed by atoms with E-state index in [4.69, 9.17) is 0 Å². The van der Waals surface area contributed by atoms with Crippen LogP contribution in [0.25, 0.3) is 0 Å². The largest absolute Gasteiger partial charge is 0.301 e. The topological polar surface area (TPSA) is 39.1 Å². The Balaban J connectivity index is 2.11. The number of benzene rings is 1. The van der Waals surface area contributed by atoms with Gasteiger partial charge in [0.25, 0.3) is 0 Å². The summed E-state index contributed by atoms with van der Waals surface area (Å²) < 4.78 is 0. The lowest BCUT2D eigenvalue weighted by molar-refractivity contribution is 0.147. The van der Waals surface area contributed by atoms with E-state index < -0.39 is 5.54 Å². The molecule has 0 spiro atoms.